The first-order valence-corrected chi connectivity index (χ1v) is 21.3. The Kier molecular flexibility index (Phi) is 21.6. The predicted octanol–water partition coefficient (Wildman–Crippen LogP) is -1.30. The molecule has 20 heteroatoms. The second-order valence-corrected chi connectivity index (χ2v) is 15.3. The van der Waals surface area contributed by atoms with Crippen molar-refractivity contribution < 1.29 is 33.6 Å². The van der Waals surface area contributed by atoms with Gasteiger partial charge in [-0.1, -0.05) is 68.3 Å². The van der Waals surface area contributed by atoms with Crippen LogP contribution in [0.25, 0.3) is 10.9 Å². The Morgan fingerprint density at radius 3 is 1.81 bits per heavy atom. The van der Waals surface area contributed by atoms with E-state index in [-0.39, 0.29) is 51.2 Å². The van der Waals surface area contributed by atoms with Gasteiger partial charge in [-0.05, 0) is 69.2 Å². The van der Waals surface area contributed by atoms with Crippen LogP contribution in [-0.4, -0.2) is 108 Å². The van der Waals surface area contributed by atoms with Gasteiger partial charge in [0.1, 0.15) is 36.3 Å². The number of hydrogen-bond donors (Lipinski definition) is 12. The summed E-state index contributed by atoms with van der Waals surface area (Å²) in [4.78, 5) is 101. The van der Waals surface area contributed by atoms with E-state index in [4.69, 9.17) is 28.7 Å². The van der Waals surface area contributed by atoms with Crippen molar-refractivity contribution >= 4 is 58.2 Å². The van der Waals surface area contributed by atoms with E-state index in [1.807, 2.05) is 31.2 Å². The lowest BCUT2D eigenvalue weighted by atomic mass is 10.0. The van der Waals surface area contributed by atoms with Crippen LogP contribution < -0.4 is 60.6 Å². The van der Waals surface area contributed by atoms with Crippen molar-refractivity contribution in [3.8, 4) is 0 Å². The van der Waals surface area contributed by atoms with Gasteiger partial charge in [-0.15, -0.1) is 0 Å². The highest BCUT2D eigenvalue weighted by molar-refractivity contribution is 5.97. The average Bonchev–Trinajstić information content (AvgIpc) is 3.67. The SMILES string of the molecule is CCCC[C@H](NC(=O)CN)C(=O)N[C@@H](C)C(=O)N[C@@H](CCCCN)C(=O)N[C@H](Cc1ccccc1)C(=O)N[C@@H](CCCN=C(N)N)C(=O)N[C@@H](Cc1c[nH]c2ccccc12)C(N)=O. The number of fused-ring (bicyclic) bond motifs is 1. The molecular formula is C43H65N13O7. The number of carbonyl (C=O) groups is 7. The van der Waals surface area contributed by atoms with Gasteiger partial charge in [0.05, 0.1) is 6.54 Å². The van der Waals surface area contributed by atoms with Crippen molar-refractivity contribution in [2.75, 3.05) is 19.6 Å². The standard InChI is InChI=1S/C43H65N13O7/c1-3-4-16-31(52-36(57)24-45)39(60)51-26(2)38(59)53-32(18-10-11-20-44)41(62)56-35(22-27-13-6-5-7-14-27)42(63)54-33(19-12-21-49-43(47)48)40(61)55-34(37(46)58)23-28-25-50-30-17-9-8-15-29(28)30/h5-9,13-15,17,25-26,31-35,50H,3-4,10-12,16,18-24,44-45H2,1-2H3,(H2,46,58)(H,51,60)(H,52,57)(H,53,59)(H,54,63)(H,55,61)(H,56,62)(H4,47,48,49)/t26-,31-,32-,33-,34-,35+/m0/s1. The molecule has 0 bridgehead atoms. The van der Waals surface area contributed by atoms with Gasteiger partial charge in [0, 0.05) is 36.5 Å². The number of unbranched alkanes of at least 4 members (excludes halogenated alkanes) is 2. The fourth-order valence-electron chi connectivity index (χ4n) is 6.76. The number of rotatable bonds is 28. The number of benzene rings is 2. The van der Waals surface area contributed by atoms with Crippen LogP contribution >= 0.6 is 0 Å². The van der Waals surface area contributed by atoms with Crippen LogP contribution in [-0.2, 0) is 46.4 Å². The van der Waals surface area contributed by atoms with E-state index >= 15 is 0 Å². The summed E-state index contributed by atoms with van der Waals surface area (Å²) in [6.07, 6.45) is 4.91. The topological polar surface area (TPSA) is 350 Å². The van der Waals surface area contributed by atoms with Gasteiger partial charge in [0.15, 0.2) is 5.96 Å². The summed E-state index contributed by atoms with van der Waals surface area (Å²) < 4.78 is 0. The highest BCUT2D eigenvalue weighted by atomic mass is 16.2. The Morgan fingerprint density at radius 1 is 0.619 bits per heavy atom. The van der Waals surface area contributed by atoms with E-state index in [9.17, 15) is 33.6 Å². The average molecular weight is 876 g/mol. The van der Waals surface area contributed by atoms with E-state index in [0.29, 0.717) is 37.8 Å². The molecule has 0 aliphatic rings. The fourth-order valence-corrected chi connectivity index (χ4v) is 6.76. The van der Waals surface area contributed by atoms with Crippen molar-refractivity contribution in [1.29, 1.82) is 0 Å². The number of nitrogens with one attached hydrogen (secondary N) is 7. The molecule has 7 amide bonds. The summed E-state index contributed by atoms with van der Waals surface area (Å²) >= 11 is 0. The maximum atomic E-state index is 14.3. The van der Waals surface area contributed by atoms with E-state index in [2.05, 4.69) is 41.9 Å². The molecule has 0 radical (unpaired) electrons. The number of primary amides is 1. The van der Waals surface area contributed by atoms with Crippen LogP contribution in [0.4, 0.5) is 0 Å². The molecule has 0 saturated heterocycles. The summed E-state index contributed by atoms with van der Waals surface area (Å²) in [5, 5.41) is 17.0. The highest BCUT2D eigenvalue weighted by Gasteiger charge is 2.32. The molecule has 0 fully saturated rings. The molecule has 17 N–H and O–H groups in total. The molecule has 3 rings (SSSR count). The van der Waals surface area contributed by atoms with Crippen molar-refractivity contribution in [3.63, 3.8) is 0 Å². The molecule has 0 saturated carbocycles. The first-order chi connectivity index (χ1) is 30.2. The number of para-hydroxylation sites is 1. The molecule has 20 nitrogen and oxygen atoms in total. The number of nitrogens with zero attached hydrogens (tertiary/aromatic N) is 1. The van der Waals surface area contributed by atoms with E-state index in [0.717, 1.165) is 22.9 Å². The summed E-state index contributed by atoms with van der Waals surface area (Å²) in [6.45, 7) is 3.51. The number of guanidine groups is 1. The van der Waals surface area contributed by atoms with Gasteiger partial charge < -0.3 is 65.6 Å². The Bertz CT molecular complexity index is 2000. The molecule has 2 aromatic carbocycles. The van der Waals surface area contributed by atoms with Crippen molar-refractivity contribution in [2.45, 2.75) is 114 Å². The van der Waals surface area contributed by atoms with E-state index < -0.39 is 77.6 Å². The minimum atomic E-state index is -1.26. The maximum Gasteiger partial charge on any atom is 0.243 e. The third-order valence-electron chi connectivity index (χ3n) is 10.3. The number of hydrogen-bond acceptors (Lipinski definition) is 10. The van der Waals surface area contributed by atoms with Crippen molar-refractivity contribution in [2.24, 2.45) is 33.7 Å². The summed E-state index contributed by atoms with van der Waals surface area (Å²) in [6, 6.07) is 9.47. The second-order valence-electron chi connectivity index (χ2n) is 15.3. The predicted molar refractivity (Wildman–Crippen MR) is 240 cm³/mol. The quantitative estimate of drug-likeness (QED) is 0.0231. The first-order valence-electron chi connectivity index (χ1n) is 21.3. The number of H-pyrrole nitrogens is 1. The number of amides is 7. The highest BCUT2D eigenvalue weighted by Crippen LogP contribution is 2.19. The summed E-state index contributed by atoms with van der Waals surface area (Å²) in [5.74, 6) is -4.89. The molecular weight excluding hydrogens is 811 g/mol. The third kappa shape index (κ3) is 17.4. The number of aromatic nitrogens is 1. The molecule has 0 aliphatic carbocycles. The van der Waals surface area contributed by atoms with Crippen LogP contribution in [0.3, 0.4) is 0 Å². The monoisotopic (exact) mass is 876 g/mol. The van der Waals surface area contributed by atoms with Crippen LogP contribution in [0.2, 0.25) is 0 Å². The van der Waals surface area contributed by atoms with Gasteiger partial charge >= 0.3 is 0 Å². The van der Waals surface area contributed by atoms with Gasteiger partial charge in [-0.25, -0.2) is 0 Å². The third-order valence-corrected chi connectivity index (χ3v) is 10.3. The molecule has 344 valence electrons. The van der Waals surface area contributed by atoms with Crippen LogP contribution in [0.15, 0.2) is 65.8 Å². The first kappa shape index (κ1) is 50.8. The van der Waals surface area contributed by atoms with Crippen LogP contribution in [0.1, 0.15) is 76.3 Å². The molecule has 6 atom stereocenters. The molecule has 1 heterocycles. The zero-order valence-electron chi connectivity index (χ0n) is 36.1. The Hall–Kier alpha value is -6.54. The van der Waals surface area contributed by atoms with E-state index in [1.165, 1.54) is 6.92 Å². The van der Waals surface area contributed by atoms with Gasteiger partial charge in [-0.2, -0.15) is 0 Å². The lowest BCUT2D eigenvalue weighted by molar-refractivity contribution is -0.135. The fraction of sp³-hybridized carbons (Fsp3) is 0.488. The number of nitrogens with two attached hydrogens (primary N) is 5. The Morgan fingerprint density at radius 2 is 1.17 bits per heavy atom. The normalized spacial score (nSPS) is 13.8. The zero-order chi connectivity index (χ0) is 46.3. The molecule has 63 heavy (non-hydrogen) atoms. The zero-order valence-corrected chi connectivity index (χ0v) is 36.1. The van der Waals surface area contributed by atoms with Gasteiger partial charge in [-0.3, -0.25) is 38.6 Å². The largest absolute Gasteiger partial charge is 0.370 e. The minimum absolute atomic E-state index is 0.00514. The van der Waals surface area contributed by atoms with Gasteiger partial charge in [0.2, 0.25) is 41.4 Å². The Balaban J connectivity index is 1.86. The molecule has 1 aromatic heterocycles. The van der Waals surface area contributed by atoms with Crippen molar-refractivity contribution in [1.82, 2.24) is 36.9 Å². The Labute approximate surface area is 367 Å². The number of aromatic amines is 1. The van der Waals surface area contributed by atoms with E-state index in [1.54, 1.807) is 36.5 Å². The minimum Gasteiger partial charge on any atom is -0.370 e. The lowest BCUT2D eigenvalue weighted by Gasteiger charge is -2.27. The molecule has 0 aliphatic heterocycles. The van der Waals surface area contributed by atoms with Crippen molar-refractivity contribution in [3.05, 3.63) is 71.9 Å². The summed E-state index contributed by atoms with van der Waals surface area (Å²) in [5.41, 5.74) is 30.2. The molecule has 0 spiro atoms. The number of aliphatic imine (C=N–C) groups is 1. The van der Waals surface area contributed by atoms with Gasteiger partial charge in [0.25, 0.3) is 0 Å². The van der Waals surface area contributed by atoms with Crippen LogP contribution in [0.5, 0.6) is 0 Å². The summed E-state index contributed by atoms with van der Waals surface area (Å²) in [7, 11) is 0. The smallest absolute Gasteiger partial charge is 0.243 e. The maximum absolute atomic E-state index is 14.3. The van der Waals surface area contributed by atoms with Crippen LogP contribution in [0, 0.1) is 0 Å². The molecule has 3 aromatic rings. The molecule has 0 unspecified atom stereocenters. The second kappa shape index (κ2) is 26.7. The lowest BCUT2D eigenvalue weighted by Crippen LogP contribution is -2.59. The number of carbonyl (C=O) groups excluding carboxylic acids is 7.